The number of hydrogen-bond acceptors (Lipinski definition) is 2. The van der Waals surface area contributed by atoms with Crippen molar-refractivity contribution in [3.05, 3.63) is 71.3 Å². The molecule has 3 aromatic rings. The second kappa shape index (κ2) is 7.75. The molecule has 0 radical (unpaired) electrons. The van der Waals surface area contributed by atoms with Gasteiger partial charge in [0.15, 0.2) is 5.11 Å². The summed E-state index contributed by atoms with van der Waals surface area (Å²) in [7, 11) is 3.70. The van der Waals surface area contributed by atoms with Crippen LogP contribution in [0.25, 0.3) is 10.8 Å². The Bertz CT molecular complexity index is 952. The van der Waals surface area contributed by atoms with Gasteiger partial charge in [-0.2, -0.15) is 0 Å². The van der Waals surface area contributed by atoms with Crippen molar-refractivity contribution in [3.8, 4) is 5.75 Å². The lowest BCUT2D eigenvalue weighted by Gasteiger charge is -2.22. The maximum atomic E-state index is 5.59. The summed E-state index contributed by atoms with van der Waals surface area (Å²) in [5.41, 5.74) is 4.68. The molecule has 0 heterocycles. The van der Waals surface area contributed by atoms with E-state index in [-0.39, 0.29) is 0 Å². The molecule has 26 heavy (non-hydrogen) atoms. The Labute approximate surface area is 160 Å². The van der Waals surface area contributed by atoms with Gasteiger partial charge in [0.1, 0.15) is 5.75 Å². The second-order valence-corrected chi connectivity index (χ2v) is 7.04. The maximum absolute atomic E-state index is 5.59. The van der Waals surface area contributed by atoms with Crippen LogP contribution >= 0.6 is 12.2 Å². The first-order valence-electron chi connectivity index (χ1n) is 8.62. The average Bonchev–Trinajstić information content (AvgIpc) is 2.64. The monoisotopic (exact) mass is 364 g/mol. The van der Waals surface area contributed by atoms with Crippen LogP contribution in [0, 0.1) is 13.8 Å². The minimum absolute atomic E-state index is 0.716. The number of nitrogens with one attached hydrogen (secondary N) is 1. The summed E-state index contributed by atoms with van der Waals surface area (Å²) in [5.74, 6) is 0.876. The smallest absolute Gasteiger partial charge is 0.173 e. The molecule has 0 unspecified atom stereocenters. The van der Waals surface area contributed by atoms with E-state index < -0.39 is 0 Å². The van der Waals surface area contributed by atoms with Crippen molar-refractivity contribution in [1.82, 2.24) is 4.90 Å². The van der Waals surface area contributed by atoms with E-state index in [9.17, 15) is 0 Å². The molecule has 3 aromatic carbocycles. The van der Waals surface area contributed by atoms with Crippen molar-refractivity contribution in [1.29, 1.82) is 0 Å². The number of fused-ring (bicyclic) bond motifs is 1. The number of rotatable bonds is 4. The van der Waals surface area contributed by atoms with Crippen LogP contribution < -0.4 is 10.1 Å². The lowest BCUT2D eigenvalue weighted by atomic mass is 10.1. The number of benzene rings is 3. The Morgan fingerprint density at radius 2 is 1.73 bits per heavy atom. The van der Waals surface area contributed by atoms with Gasteiger partial charge in [-0.3, -0.25) is 0 Å². The van der Waals surface area contributed by atoms with Crippen LogP contribution in [0.3, 0.4) is 0 Å². The number of nitrogens with zero attached hydrogens (tertiary/aromatic N) is 1. The lowest BCUT2D eigenvalue weighted by Crippen LogP contribution is -2.30. The molecule has 3 nitrogen and oxygen atoms in total. The molecule has 134 valence electrons. The highest BCUT2D eigenvalue weighted by atomic mass is 32.1. The van der Waals surface area contributed by atoms with E-state index in [4.69, 9.17) is 17.0 Å². The molecule has 0 atom stereocenters. The topological polar surface area (TPSA) is 24.5 Å². The number of ether oxygens (including phenoxy) is 1. The highest BCUT2D eigenvalue weighted by molar-refractivity contribution is 7.80. The van der Waals surface area contributed by atoms with Crippen molar-refractivity contribution in [2.75, 3.05) is 19.5 Å². The number of thiocarbonyl (C=S) groups is 1. The molecule has 0 aromatic heterocycles. The Balaban J connectivity index is 1.72. The predicted molar refractivity (Wildman–Crippen MR) is 114 cm³/mol. The van der Waals surface area contributed by atoms with Crippen LogP contribution in [0.5, 0.6) is 5.75 Å². The molecule has 0 saturated carbocycles. The normalized spacial score (nSPS) is 10.6. The average molecular weight is 365 g/mol. The first kappa shape index (κ1) is 18.2. The van der Waals surface area contributed by atoms with E-state index >= 15 is 0 Å². The van der Waals surface area contributed by atoms with E-state index in [0.717, 1.165) is 18.0 Å². The summed E-state index contributed by atoms with van der Waals surface area (Å²) in [6.07, 6.45) is 0. The van der Waals surface area contributed by atoms with Gasteiger partial charge in [0, 0.05) is 19.3 Å². The summed E-state index contributed by atoms with van der Waals surface area (Å²) in [4.78, 5) is 2.06. The summed E-state index contributed by atoms with van der Waals surface area (Å²) < 4.78 is 5.29. The van der Waals surface area contributed by atoms with Crippen molar-refractivity contribution in [3.63, 3.8) is 0 Å². The Kier molecular flexibility index (Phi) is 5.43. The van der Waals surface area contributed by atoms with Gasteiger partial charge in [-0.25, -0.2) is 0 Å². The summed E-state index contributed by atoms with van der Waals surface area (Å²) in [6, 6.07) is 18.9. The van der Waals surface area contributed by atoms with Gasteiger partial charge >= 0.3 is 0 Å². The third-order valence-corrected chi connectivity index (χ3v) is 4.93. The largest absolute Gasteiger partial charge is 0.497 e. The van der Waals surface area contributed by atoms with Gasteiger partial charge in [-0.05, 0) is 77.8 Å². The molecule has 0 aliphatic rings. The minimum Gasteiger partial charge on any atom is -0.497 e. The molecule has 4 heteroatoms. The van der Waals surface area contributed by atoms with Gasteiger partial charge in [0.05, 0.1) is 7.11 Å². The van der Waals surface area contributed by atoms with Gasteiger partial charge in [-0.1, -0.05) is 30.3 Å². The molecule has 0 bridgehead atoms. The Morgan fingerprint density at radius 1 is 1.00 bits per heavy atom. The molecule has 0 saturated heterocycles. The standard InChI is InChI=1S/C22H24N2OS/c1-15-5-6-16(2)21(11-15)23-22(26)24(3)14-17-7-8-19-13-20(25-4)10-9-18(19)12-17/h5-13H,14H2,1-4H3,(H,23,26). The van der Waals surface area contributed by atoms with Gasteiger partial charge < -0.3 is 15.0 Å². The molecular formula is C22H24N2OS. The van der Waals surface area contributed by atoms with Crippen LogP contribution in [-0.2, 0) is 6.54 Å². The van der Waals surface area contributed by atoms with Crippen molar-refractivity contribution in [2.24, 2.45) is 0 Å². The van der Waals surface area contributed by atoms with Gasteiger partial charge in [-0.15, -0.1) is 0 Å². The van der Waals surface area contributed by atoms with Crippen LogP contribution in [0.2, 0.25) is 0 Å². The zero-order valence-corrected chi connectivity index (χ0v) is 16.5. The van der Waals surface area contributed by atoms with Crippen LogP contribution in [0.1, 0.15) is 16.7 Å². The van der Waals surface area contributed by atoms with E-state index in [2.05, 4.69) is 72.6 Å². The van der Waals surface area contributed by atoms with Crippen LogP contribution in [0.4, 0.5) is 5.69 Å². The molecule has 0 spiro atoms. The first-order valence-corrected chi connectivity index (χ1v) is 9.03. The summed E-state index contributed by atoms with van der Waals surface area (Å²) >= 11 is 5.59. The number of anilines is 1. The molecule has 3 rings (SSSR count). The van der Waals surface area contributed by atoms with Crippen molar-refractivity contribution < 1.29 is 4.74 Å². The fourth-order valence-corrected chi connectivity index (χ4v) is 3.10. The maximum Gasteiger partial charge on any atom is 0.173 e. The fourth-order valence-electron chi connectivity index (χ4n) is 2.93. The number of hydrogen-bond donors (Lipinski definition) is 1. The number of methoxy groups -OCH3 is 1. The zero-order valence-electron chi connectivity index (χ0n) is 15.7. The molecule has 0 aliphatic heterocycles. The Morgan fingerprint density at radius 3 is 2.50 bits per heavy atom. The van der Waals surface area contributed by atoms with Crippen molar-refractivity contribution >= 4 is 33.8 Å². The summed E-state index contributed by atoms with van der Waals surface area (Å²) in [6.45, 7) is 4.92. The van der Waals surface area contributed by atoms with Crippen LogP contribution in [-0.4, -0.2) is 24.2 Å². The highest BCUT2D eigenvalue weighted by Gasteiger charge is 2.08. The quantitative estimate of drug-likeness (QED) is 0.636. The Hall–Kier alpha value is -2.59. The van der Waals surface area contributed by atoms with Gasteiger partial charge in [0.2, 0.25) is 0 Å². The predicted octanol–water partition coefficient (Wildman–Crippen LogP) is 5.29. The van der Waals surface area contributed by atoms with E-state index in [0.29, 0.717) is 5.11 Å². The minimum atomic E-state index is 0.716. The zero-order chi connectivity index (χ0) is 18.7. The van der Waals surface area contributed by atoms with Crippen LogP contribution in [0.15, 0.2) is 54.6 Å². The molecule has 1 N–H and O–H groups in total. The third kappa shape index (κ3) is 4.14. The first-order chi connectivity index (χ1) is 12.5. The van der Waals surface area contributed by atoms with Crippen molar-refractivity contribution in [2.45, 2.75) is 20.4 Å². The van der Waals surface area contributed by atoms with E-state index in [1.165, 1.54) is 27.5 Å². The molecule has 0 aliphatic carbocycles. The molecular weight excluding hydrogens is 340 g/mol. The molecule has 0 amide bonds. The SMILES string of the molecule is COc1ccc2cc(CN(C)C(=S)Nc3cc(C)ccc3C)ccc2c1. The van der Waals surface area contributed by atoms with E-state index in [1.54, 1.807) is 7.11 Å². The molecule has 0 fully saturated rings. The highest BCUT2D eigenvalue weighted by Crippen LogP contribution is 2.23. The third-order valence-electron chi connectivity index (χ3n) is 4.51. The second-order valence-electron chi connectivity index (χ2n) is 6.65. The number of aryl methyl sites for hydroxylation is 2. The summed E-state index contributed by atoms with van der Waals surface area (Å²) in [5, 5.41) is 6.45. The van der Waals surface area contributed by atoms with E-state index in [1.807, 2.05) is 13.1 Å². The lowest BCUT2D eigenvalue weighted by molar-refractivity contribution is 0.415. The van der Waals surface area contributed by atoms with Gasteiger partial charge in [0.25, 0.3) is 0 Å². The fraction of sp³-hybridized carbons (Fsp3) is 0.227.